The Kier molecular flexibility index (Phi) is 10.0. The molecule has 2 aromatic heterocycles. The van der Waals surface area contributed by atoms with Crippen LogP contribution in [0, 0.1) is 6.92 Å². The molecule has 0 fully saturated rings. The van der Waals surface area contributed by atoms with Crippen LogP contribution in [0.1, 0.15) is 55.5 Å². The van der Waals surface area contributed by atoms with Gasteiger partial charge in [0.2, 0.25) is 13.6 Å². The SMILES string of the molecule is Cc1cc2c3c(c1)N(c1cc(-c4ccc5c(c4)C(C)(C)c4ccccc4-5)cc(-c4cc5ccccc5o4)c1)c1cc4c(cc1B3c1cc3c(cc1N2c1cc(-c2ccc5c(c2)C(C)(C)c2ccccc2-5)cc(-c2cc5ccccc5o2)c1)OCO3)OCO4. The molecule has 88 heavy (non-hydrogen) atoms. The van der Waals surface area contributed by atoms with Crippen LogP contribution in [0.5, 0.6) is 23.0 Å². The Balaban J connectivity index is 0.862. The van der Waals surface area contributed by atoms with Gasteiger partial charge in [-0.1, -0.05) is 137 Å². The van der Waals surface area contributed by atoms with Crippen LogP contribution in [0.3, 0.4) is 0 Å². The second-order valence-electron chi connectivity index (χ2n) is 25.5. The van der Waals surface area contributed by atoms with Crippen LogP contribution >= 0.6 is 0 Å². The lowest BCUT2D eigenvalue weighted by Crippen LogP contribution is -2.61. The number of fused-ring (bicyclic) bond motifs is 14. The van der Waals surface area contributed by atoms with Gasteiger partial charge in [-0.2, -0.15) is 0 Å². The van der Waals surface area contributed by atoms with Crippen molar-refractivity contribution in [1.29, 1.82) is 0 Å². The van der Waals surface area contributed by atoms with E-state index in [2.05, 4.69) is 239 Å². The van der Waals surface area contributed by atoms with Crippen LogP contribution in [-0.4, -0.2) is 20.3 Å². The number of hydrogen-bond donors (Lipinski definition) is 0. The molecule has 19 rings (SSSR count). The third-order valence-corrected chi connectivity index (χ3v) is 19.8. The van der Waals surface area contributed by atoms with Gasteiger partial charge in [0, 0.05) is 79.0 Å². The molecule has 0 saturated carbocycles. The Morgan fingerprint density at radius 3 is 1.23 bits per heavy atom. The number of benzene rings is 11. The number of ether oxygens (including phenoxy) is 4. The molecule has 6 aliphatic rings. The van der Waals surface area contributed by atoms with Crippen LogP contribution in [-0.2, 0) is 10.8 Å². The minimum atomic E-state index is -0.274. The maximum absolute atomic E-state index is 6.81. The average Bonchev–Trinajstić information content (AvgIpc) is 0.906. The molecule has 0 saturated heterocycles. The number of para-hydroxylation sites is 2. The second-order valence-corrected chi connectivity index (χ2v) is 25.5. The van der Waals surface area contributed by atoms with E-state index in [1.165, 1.54) is 44.5 Å². The van der Waals surface area contributed by atoms with E-state index in [9.17, 15) is 0 Å². The predicted molar refractivity (Wildman–Crippen MR) is 354 cm³/mol. The highest BCUT2D eigenvalue weighted by Gasteiger charge is 2.46. The number of anilines is 6. The summed E-state index contributed by atoms with van der Waals surface area (Å²) in [6.07, 6.45) is 0. The molecule has 2 aliphatic carbocycles. The van der Waals surface area contributed by atoms with E-state index in [0.717, 1.165) is 123 Å². The van der Waals surface area contributed by atoms with E-state index in [4.69, 9.17) is 27.8 Å². The molecule has 0 unspecified atom stereocenters. The number of aryl methyl sites for hydroxylation is 1. The number of rotatable bonds is 6. The molecular weight excluding hydrogens is 1080 g/mol. The topological polar surface area (TPSA) is 69.7 Å². The van der Waals surface area contributed by atoms with Crippen molar-refractivity contribution in [2.75, 3.05) is 23.4 Å². The summed E-state index contributed by atoms with van der Waals surface area (Å²) < 4.78 is 39.0. The quantitative estimate of drug-likeness (QED) is 0.153. The highest BCUT2D eigenvalue weighted by molar-refractivity contribution is 7.00. The largest absolute Gasteiger partial charge is 0.456 e. The Morgan fingerprint density at radius 2 is 0.761 bits per heavy atom. The zero-order valence-electron chi connectivity index (χ0n) is 49.1. The highest BCUT2D eigenvalue weighted by atomic mass is 16.7. The summed E-state index contributed by atoms with van der Waals surface area (Å²) in [5, 5.41) is 2.09. The van der Waals surface area contributed by atoms with Gasteiger partial charge in [-0.05, 0) is 193 Å². The first kappa shape index (κ1) is 49.6. The van der Waals surface area contributed by atoms with Crippen LogP contribution in [0.4, 0.5) is 34.1 Å². The summed E-state index contributed by atoms with van der Waals surface area (Å²) in [7, 11) is 0. The number of hydrogen-bond acceptors (Lipinski definition) is 8. The van der Waals surface area contributed by atoms with Gasteiger partial charge in [0.25, 0.3) is 6.71 Å². The summed E-state index contributed by atoms with van der Waals surface area (Å²) >= 11 is 0. The van der Waals surface area contributed by atoms with Gasteiger partial charge >= 0.3 is 0 Å². The molecule has 4 aliphatic heterocycles. The van der Waals surface area contributed by atoms with Crippen molar-refractivity contribution in [3.05, 3.63) is 246 Å². The average molecular weight is 1140 g/mol. The molecule has 0 spiro atoms. The fourth-order valence-corrected chi connectivity index (χ4v) is 15.6. The van der Waals surface area contributed by atoms with Crippen molar-refractivity contribution in [2.24, 2.45) is 0 Å². The lowest BCUT2D eigenvalue weighted by atomic mass is 9.33. The van der Waals surface area contributed by atoms with Crippen molar-refractivity contribution in [1.82, 2.24) is 0 Å². The first-order valence-electron chi connectivity index (χ1n) is 30.4. The molecule has 0 bridgehead atoms. The van der Waals surface area contributed by atoms with Gasteiger partial charge in [-0.25, -0.2) is 0 Å². The normalized spacial score (nSPS) is 15.3. The summed E-state index contributed by atoms with van der Waals surface area (Å²) in [5.74, 6) is 4.40. The molecule has 0 N–H and O–H groups in total. The molecule has 8 nitrogen and oxygen atoms in total. The minimum absolute atomic E-state index is 0.131. The summed E-state index contributed by atoms with van der Waals surface area (Å²) in [5.41, 5.74) is 28.5. The van der Waals surface area contributed by atoms with Crippen molar-refractivity contribution in [3.63, 3.8) is 0 Å². The smallest absolute Gasteiger partial charge is 0.252 e. The van der Waals surface area contributed by atoms with Crippen LogP contribution < -0.4 is 45.1 Å². The van der Waals surface area contributed by atoms with Gasteiger partial charge in [0.15, 0.2) is 23.0 Å². The Bertz CT molecular complexity index is 4850. The van der Waals surface area contributed by atoms with E-state index in [0.29, 0.717) is 23.0 Å². The molecule has 6 heterocycles. The van der Waals surface area contributed by atoms with Crippen molar-refractivity contribution in [3.8, 4) is 90.2 Å². The van der Waals surface area contributed by atoms with Gasteiger partial charge in [0.05, 0.1) is 0 Å². The molecule has 420 valence electrons. The highest BCUT2D eigenvalue weighted by Crippen LogP contribution is 2.55. The summed E-state index contributed by atoms with van der Waals surface area (Å²) in [6, 6.07) is 80.0. The zero-order valence-corrected chi connectivity index (χ0v) is 49.1. The van der Waals surface area contributed by atoms with Gasteiger partial charge < -0.3 is 37.6 Å². The molecule has 9 heteroatoms. The molecular formula is C79H55BN2O6. The van der Waals surface area contributed by atoms with Crippen molar-refractivity contribution in [2.45, 2.75) is 45.4 Å². The van der Waals surface area contributed by atoms with E-state index in [1.54, 1.807) is 0 Å². The number of furan rings is 2. The Labute approximate surface area is 509 Å². The molecule has 0 atom stereocenters. The van der Waals surface area contributed by atoms with E-state index in [1.807, 2.05) is 24.3 Å². The Hall–Kier alpha value is -10.6. The molecule has 11 aromatic carbocycles. The van der Waals surface area contributed by atoms with E-state index in [-0.39, 0.29) is 31.1 Å². The second kappa shape index (κ2) is 17.7. The monoisotopic (exact) mass is 1140 g/mol. The minimum Gasteiger partial charge on any atom is -0.456 e. The summed E-state index contributed by atoms with van der Waals surface area (Å²) in [6.45, 7) is 11.6. The van der Waals surface area contributed by atoms with E-state index >= 15 is 0 Å². The van der Waals surface area contributed by atoms with Crippen molar-refractivity contribution < 1.29 is 27.8 Å². The fourth-order valence-electron chi connectivity index (χ4n) is 15.6. The van der Waals surface area contributed by atoms with Crippen LogP contribution in [0.2, 0.25) is 0 Å². The van der Waals surface area contributed by atoms with Gasteiger partial charge in [0.1, 0.15) is 22.7 Å². The lowest BCUT2D eigenvalue weighted by molar-refractivity contribution is 0.173. The fraction of sp³-hybridized carbons (Fsp3) is 0.114. The first-order chi connectivity index (χ1) is 43.0. The summed E-state index contributed by atoms with van der Waals surface area (Å²) in [4.78, 5) is 4.91. The third kappa shape index (κ3) is 7.04. The molecule has 13 aromatic rings. The lowest BCUT2D eigenvalue weighted by Gasteiger charge is -2.44. The molecule has 0 radical (unpaired) electrons. The van der Waals surface area contributed by atoms with Crippen LogP contribution in [0.25, 0.3) is 89.1 Å². The standard InChI is InChI=1S/C79H55BN2O6/c1-44-26-67-77-68(27-44)82(54-31-50(29-52(33-54)72-37-48-15-7-13-21-70(48)88-72)46-23-25-58-56-17-9-11-19-60(56)79(4,5)62(58)35-46)66-41-76-74(84-43-86-76)39-64(66)80(77)63-38-73-75(85-42-83-73)40-65(63)81(67)53-30-49(28-51(32-53)71-36-47-14-6-12-20-69(47)87-71)45-22-24-57-55-16-8-10-18-59(55)78(2,3)61(57)34-45/h6-41H,42-43H2,1-5H3. The van der Waals surface area contributed by atoms with Crippen molar-refractivity contribution >= 4 is 79.2 Å². The first-order valence-corrected chi connectivity index (χ1v) is 30.4. The van der Waals surface area contributed by atoms with Crippen LogP contribution in [0.15, 0.2) is 227 Å². The van der Waals surface area contributed by atoms with Gasteiger partial charge in [-0.15, -0.1) is 0 Å². The third-order valence-electron chi connectivity index (χ3n) is 19.8. The Morgan fingerprint density at radius 1 is 0.352 bits per heavy atom. The maximum atomic E-state index is 6.81. The van der Waals surface area contributed by atoms with Gasteiger partial charge in [-0.3, -0.25) is 0 Å². The predicted octanol–water partition coefficient (Wildman–Crippen LogP) is 18.3. The number of nitrogens with zero attached hydrogens (tertiary/aromatic N) is 2. The maximum Gasteiger partial charge on any atom is 0.252 e. The zero-order chi connectivity index (χ0) is 58.5. The molecule has 0 amide bonds. The van der Waals surface area contributed by atoms with E-state index < -0.39 is 0 Å².